The molecule has 0 spiro atoms. The summed E-state index contributed by atoms with van der Waals surface area (Å²) in [5.74, 6) is 1.33. The highest BCUT2D eigenvalue weighted by Crippen LogP contribution is 2.36. The Kier molecular flexibility index (Phi) is 5.48. The van der Waals surface area contributed by atoms with E-state index in [1.807, 2.05) is 54.6 Å². The first-order valence-corrected chi connectivity index (χ1v) is 15.6. The number of aromatic nitrogens is 5. The summed E-state index contributed by atoms with van der Waals surface area (Å²) >= 11 is 0. The zero-order chi connectivity index (χ0) is 30.9. The molecule has 0 N–H and O–H groups in total. The van der Waals surface area contributed by atoms with Crippen LogP contribution in [0.1, 0.15) is 0 Å². The van der Waals surface area contributed by atoms with Crippen molar-refractivity contribution in [3.05, 3.63) is 152 Å². The SMILES string of the molecule is c1ccc(-c2cc(-c3ccccc3)nc(-n3c4ccc(-c5ccc6oc7ccccc7c6c5)cc4n4c5ccccc5nc34)n2)cc1. The highest BCUT2D eigenvalue weighted by molar-refractivity contribution is 6.06. The molecule has 0 amide bonds. The molecule has 0 saturated heterocycles. The lowest BCUT2D eigenvalue weighted by Crippen LogP contribution is -2.04. The smallest absolute Gasteiger partial charge is 0.238 e. The van der Waals surface area contributed by atoms with E-state index in [0.29, 0.717) is 5.95 Å². The molecule has 0 aliphatic heterocycles. The summed E-state index contributed by atoms with van der Waals surface area (Å²) in [6.07, 6.45) is 0. The van der Waals surface area contributed by atoms with E-state index in [9.17, 15) is 0 Å². The van der Waals surface area contributed by atoms with Gasteiger partial charge in [0, 0.05) is 21.9 Å². The first-order chi connectivity index (χ1) is 23.3. The zero-order valence-electron chi connectivity index (χ0n) is 25.1. The summed E-state index contributed by atoms with van der Waals surface area (Å²) in [6.45, 7) is 0. The normalized spacial score (nSPS) is 11.8. The number of furan rings is 1. The van der Waals surface area contributed by atoms with E-state index >= 15 is 0 Å². The summed E-state index contributed by atoms with van der Waals surface area (Å²) < 4.78 is 10.4. The first kappa shape index (κ1) is 25.8. The molecule has 6 aromatic carbocycles. The molecule has 4 aromatic heterocycles. The van der Waals surface area contributed by atoms with Crippen molar-refractivity contribution in [1.82, 2.24) is 23.9 Å². The van der Waals surface area contributed by atoms with E-state index in [4.69, 9.17) is 19.4 Å². The molecule has 0 aliphatic carbocycles. The topological polar surface area (TPSA) is 61.2 Å². The quantitative estimate of drug-likeness (QED) is 0.201. The van der Waals surface area contributed by atoms with Crippen molar-refractivity contribution in [2.24, 2.45) is 0 Å². The average Bonchev–Trinajstić information content (AvgIpc) is 3.80. The number of nitrogens with zero attached hydrogens (tertiary/aromatic N) is 5. The lowest BCUT2D eigenvalue weighted by Gasteiger charge is -2.11. The lowest BCUT2D eigenvalue weighted by molar-refractivity contribution is 0.669. The second-order valence-electron chi connectivity index (χ2n) is 11.8. The number of fused-ring (bicyclic) bond motifs is 8. The standard InChI is InChI=1S/C41H25N5O/c1-3-11-26(12-4-1)33-25-34(27-13-5-2-6-14-27)43-40(42-33)46-36-21-19-29(24-37(36)45-35-17-9-8-16-32(35)44-41(45)46)28-20-22-39-31(23-28)30-15-7-10-18-38(30)47-39/h1-25H. The van der Waals surface area contributed by atoms with Crippen molar-refractivity contribution in [1.29, 1.82) is 0 Å². The fraction of sp³-hybridized carbons (Fsp3) is 0. The van der Waals surface area contributed by atoms with Crippen LogP contribution >= 0.6 is 0 Å². The maximum absolute atomic E-state index is 6.11. The lowest BCUT2D eigenvalue weighted by atomic mass is 10.0. The van der Waals surface area contributed by atoms with E-state index in [1.54, 1.807) is 0 Å². The van der Waals surface area contributed by atoms with Crippen LogP contribution in [-0.2, 0) is 0 Å². The van der Waals surface area contributed by atoms with E-state index in [-0.39, 0.29) is 0 Å². The summed E-state index contributed by atoms with van der Waals surface area (Å²) in [4.78, 5) is 15.5. The first-order valence-electron chi connectivity index (χ1n) is 15.6. The van der Waals surface area contributed by atoms with Gasteiger partial charge in [0.1, 0.15) is 11.2 Å². The Bertz CT molecular complexity index is 2730. The molecule has 0 saturated carbocycles. The van der Waals surface area contributed by atoms with Gasteiger partial charge in [0.15, 0.2) is 0 Å². The zero-order valence-corrected chi connectivity index (χ0v) is 25.1. The van der Waals surface area contributed by atoms with Crippen molar-refractivity contribution in [2.45, 2.75) is 0 Å². The van der Waals surface area contributed by atoms with Crippen molar-refractivity contribution < 1.29 is 4.42 Å². The Balaban J connectivity index is 1.25. The number of hydrogen-bond acceptors (Lipinski definition) is 4. The predicted octanol–water partition coefficient (Wildman–Crippen LogP) is 10.1. The Morgan fingerprint density at radius 2 is 1.06 bits per heavy atom. The monoisotopic (exact) mass is 603 g/mol. The molecule has 0 aliphatic rings. The van der Waals surface area contributed by atoms with Crippen molar-refractivity contribution in [3.8, 4) is 39.6 Å². The van der Waals surface area contributed by atoms with Gasteiger partial charge in [-0.25, -0.2) is 19.5 Å². The molecule has 0 fully saturated rings. The van der Waals surface area contributed by atoms with Crippen LogP contribution in [0, 0.1) is 0 Å². The van der Waals surface area contributed by atoms with Crippen LogP contribution in [0.5, 0.6) is 0 Å². The van der Waals surface area contributed by atoms with Gasteiger partial charge in [0.2, 0.25) is 11.7 Å². The maximum Gasteiger partial charge on any atom is 0.238 e. The highest BCUT2D eigenvalue weighted by atomic mass is 16.3. The molecular weight excluding hydrogens is 578 g/mol. The van der Waals surface area contributed by atoms with Crippen LogP contribution in [0.3, 0.4) is 0 Å². The minimum absolute atomic E-state index is 0.569. The fourth-order valence-electron chi connectivity index (χ4n) is 6.73. The fourth-order valence-corrected chi connectivity index (χ4v) is 6.73. The molecule has 4 heterocycles. The molecule has 0 unspecified atom stereocenters. The summed E-state index contributed by atoms with van der Waals surface area (Å²) in [5.41, 5.74) is 11.7. The molecule has 0 bridgehead atoms. The van der Waals surface area contributed by atoms with Crippen molar-refractivity contribution >= 4 is 49.8 Å². The van der Waals surface area contributed by atoms with Gasteiger partial charge < -0.3 is 4.42 Å². The Morgan fingerprint density at radius 1 is 0.426 bits per heavy atom. The van der Waals surface area contributed by atoms with Gasteiger partial charge in [-0.15, -0.1) is 0 Å². The molecule has 10 aromatic rings. The van der Waals surface area contributed by atoms with Crippen LogP contribution in [0.15, 0.2) is 156 Å². The van der Waals surface area contributed by atoms with Crippen LogP contribution in [0.25, 0.3) is 89.4 Å². The number of rotatable bonds is 4. The predicted molar refractivity (Wildman–Crippen MR) is 189 cm³/mol. The van der Waals surface area contributed by atoms with Gasteiger partial charge in [-0.2, -0.15) is 0 Å². The van der Waals surface area contributed by atoms with Gasteiger partial charge in [0.05, 0.1) is 33.5 Å². The Morgan fingerprint density at radius 3 is 1.85 bits per heavy atom. The third-order valence-electron chi connectivity index (χ3n) is 8.96. The third kappa shape index (κ3) is 4.02. The highest BCUT2D eigenvalue weighted by Gasteiger charge is 2.21. The Hall–Kier alpha value is -6.53. The third-order valence-corrected chi connectivity index (χ3v) is 8.96. The van der Waals surface area contributed by atoms with Crippen LogP contribution in [-0.4, -0.2) is 23.9 Å². The van der Waals surface area contributed by atoms with Gasteiger partial charge in [0.25, 0.3) is 0 Å². The maximum atomic E-state index is 6.11. The molecule has 0 radical (unpaired) electrons. The molecule has 0 atom stereocenters. The molecule has 6 nitrogen and oxygen atoms in total. The molecule has 6 heteroatoms. The van der Waals surface area contributed by atoms with Gasteiger partial charge in [-0.1, -0.05) is 103 Å². The minimum atomic E-state index is 0.569. The van der Waals surface area contributed by atoms with Gasteiger partial charge >= 0.3 is 0 Å². The Labute approximate surface area is 268 Å². The number of benzene rings is 6. The average molecular weight is 604 g/mol. The second-order valence-corrected chi connectivity index (χ2v) is 11.8. The largest absolute Gasteiger partial charge is 0.456 e. The van der Waals surface area contributed by atoms with E-state index < -0.39 is 0 Å². The molecular formula is C41H25N5O. The number of hydrogen-bond donors (Lipinski definition) is 0. The molecule has 10 rings (SSSR count). The number of imidazole rings is 2. The van der Waals surface area contributed by atoms with Crippen LogP contribution in [0.4, 0.5) is 0 Å². The van der Waals surface area contributed by atoms with Crippen molar-refractivity contribution in [2.75, 3.05) is 0 Å². The van der Waals surface area contributed by atoms with E-state index in [2.05, 4.69) is 106 Å². The minimum Gasteiger partial charge on any atom is -0.456 e. The molecule has 220 valence electrons. The number of para-hydroxylation sites is 3. The van der Waals surface area contributed by atoms with Crippen LogP contribution < -0.4 is 0 Å². The van der Waals surface area contributed by atoms with Gasteiger partial charge in [-0.3, -0.25) is 4.40 Å². The van der Waals surface area contributed by atoms with Gasteiger partial charge in [-0.05, 0) is 59.7 Å². The van der Waals surface area contributed by atoms with Crippen LogP contribution in [0.2, 0.25) is 0 Å². The summed E-state index contributed by atoms with van der Waals surface area (Å²) in [5, 5.41) is 2.22. The summed E-state index contributed by atoms with van der Waals surface area (Å²) in [7, 11) is 0. The van der Waals surface area contributed by atoms with E-state index in [0.717, 1.165) is 83.4 Å². The second kappa shape index (κ2) is 9.99. The van der Waals surface area contributed by atoms with Crippen molar-refractivity contribution in [3.63, 3.8) is 0 Å². The van der Waals surface area contributed by atoms with E-state index in [1.165, 1.54) is 0 Å². The summed E-state index contributed by atoms with van der Waals surface area (Å²) in [6, 6.07) is 52.0. The molecule has 47 heavy (non-hydrogen) atoms.